The third-order valence-electron chi connectivity index (χ3n) is 6.28. The van der Waals surface area contributed by atoms with Gasteiger partial charge in [0.1, 0.15) is 6.04 Å². The predicted molar refractivity (Wildman–Crippen MR) is 121 cm³/mol. The summed E-state index contributed by atoms with van der Waals surface area (Å²) in [5, 5.41) is 0. The first kappa shape index (κ1) is 22.0. The average molecular weight is 442 g/mol. The van der Waals surface area contributed by atoms with Crippen molar-refractivity contribution < 1.29 is 13.2 Å². The fourth-order valence-electron chi connectivity index (χ4n) is 4.53. The number of hydrogen-bond acceptors (Lipinski definition) is 4. The molecule has 0 aromatic heterocycles. The Morgan fingerprint density at radius 2 is 1.48 bits per heavy atom. The van der Waals surface area contributed by atoms with Crippen LogP contribution in [0.4, 0.5) is 0 Å². The van der Waals surface area contributed by atoms with Crippen molar-refractivity contribution in [2.45, 2.75) is 37.1 Å². The summed E-state index contributed by atoms with van der Waals surface area (Å²) in [4.78, 5) is 17.9. The quantitative estimate of drug-likeness (QED) is 0.716. The van der Waals surface area contributed by atoms with Crippen LogP contribution in [-0.2, 0) is 14.8 Å². The maximum absolute atomic E-state index is 13.4. The van der Waals surface area contributed by atoms with E-state index in [9.17, 15) is 13.2 Å². The van der Waals surface area contributed by atoms with Gasteiger partial charge in [0, 0.05) is 39.3 Å². The zero-order valence-corrected chi connectivity index (χ0v) is 18.9. The van der Waals surface area contributed by atoms with E-state index in [1.165, 1.54) is 0 Å². The molecule has 0 aliphatic carbocycles. The number of rotatable bonds is 5. The molecule has 1 atom stereocenters. The Kier molecular flexibility index (Phi) is 6.74. The molecular formula is C24H31N3O3S. The molecule has 0 bridgehead atoms. The van der Waals surface area contributed by atoms with Crippen LogP contribution in [-0.4, -0.2) is 67.7 Å². The SMILES string of the molecule is Cc1ccc(S(=O)(=O)N2CCCN([C@@H](C(=O)N3CCCC3)c3ccccc3)CC2)cc1. The van der Waals surface area contributed by atoms with Crippen LogP contribution in [0.2, 0.25) is 0 Å². The van der Waals surface area contributed by atoms with E-state index >= 15 is 0 Å². The minimum atomic E-state index is -3.54. The Labute approximate surface area is 185 Å². The van der Waals surface area contributed by atoms with Crippen molar-refractivity contribution in [3.05, 3.63) is 65.7 Å². The van der Waals surface area contributed by atoms with Gasteiger partial charge < -0.3 is 4.90 Å². The highest BCUT2D eigenvalue weighted by molar-refractivity contribution is 7.89. The van der Waals surface area contributed by atoms with E-state index in [1.54, 1.807) is 16.4 Å². The molecule has 1 amide bonds. The highest BCUT2D eigenvalue weighted by Gasteiger charge is 2.35. The standard InChI is InChI=1S/C24H31N3O3S/c1-20-10-12-22(13-11-20)31(29,30)27-17-7-16-25(18-19-27)23(21-8-3-2-4-9-21)24(28)26-14-5-6-15-26/h2-4,8-13,23H,5-7,14-19H2,1H3/t23-/m1/s1. The maximum Gasteiger partial charge on any atom is 0.244 e. The topological polar surface area (TPSA) is 60.9 Å². The fraction of sp³-hybridized carbons (Fsp3) is 0.458. The number of carbonyl (C=O) groups excluding carboxylic acids is 1. The zero-order valence-electron chi connectivity index (χ0n) is 18.1. The van der Waals surface area contributed by atoms with Gasteiger partial charge in [-0.15, -0.1) is 0 Å². The number of benzene rings is 2. The molecule has 0 radical (unpaired) electrons. The molecule has 2 aromatic rings. The van der Waals surface area contributed by atoms with Crippen LogP contribution in [0.25, 0.3) is 0 Å². The summed E-state index contributed by atoms with van der Waals surface area (Å²) >= 11 is 0. The lowest BCUT2D eigenvalue weighted by Crippen LogP contribution is -2.43. The van der Waals surface area contributed by atoms with Crippen LogP contribution in [0, 0.1) is 6.92 Å². The zero-order chi connectivity index (χ0) is 21.8. The van der Waals surface area contributed by atoms with Crippen molar-refractivity contribution >= 4 is 15.9 Å². The molecule has 2 saturated heterocycles. The van der Waals surface area contributed by atoms with Crippen molar-refractivity contribution in [2.75, 3.05) is 39.3 Å². The maximum atomic E-state index is 13.4. The molecule has 2 fully saturated rings. The van der Waals surface area contributed by atoms with Gasteiger partial charge in [0.05, 0.1) is 4.90 Å². The van der Waals surface area contributed by atoms with Crippen molar-refractivity contribution in [3.8, 4) is 0 Å². The second-order valence-corrected chi connectivity index (χ2v) is 10.4. The summed E-state index contributed by atoms with van der Waals surface area (Å²) in [6.45, 7) is 5.64. The first-order valence-electron chi connectivity index (χ1n) is 11.1. The third-order valence-corrected chi connectivity index (χ3v) is 8.19. The van der Waals surface area contributed by atoms with Crippen LogP contribution in [0.15, 0.2) is 59.5 Å². The molecule has 2 aromatic carbocycles. The van der Waals surface area contributed by atoms with Crippen molar-refractivity contribution in [3.63, 3.8) is 0 Å². The Bertz CT molecular complexity index is 986. The summed E-state index contributed by atoms with van der Waals surface area (Å²) in [7, 11) is -3.54. The first-order valence-corrected chi connectivity index (χ1v) is 12.6. The van der Waals surface area contributed by atoms with Crippen LogP contribution in [0.5, 0.6) is 0 Å². The van der Waals surface area contributed by atoms with Crippen molar-refractivity contribution in [2.24, 2.45) is 0 Å². The minimum absolute atomic E-state index is 0.138. The van der Waals surface area contributed by atoms with Gasteiger partial charge in [-0.3, -0.25) is 9.69 Å². The molecule has 2 aliphatic heterocycles. The number of carbonyl (C=O) groups is 1. The van der Waals surface area contributed by atoms with Gasteiger partial charge in [-0.2, -0.15) is 4.31 Å². The van der Waals surface area contributed by atoms with Crippen molar-refractivity contribution in [1.82, 2.24) is 14.1 Å². The molecule has 0 saturated carbocycles. The van der Waals surface area contributed by atoms with Gasteiger partial charge in [0.25, 0.3) is 0 Å². The van der Waals surface area contributed by atoms with Crippen LogP contribution in [0.3, 0.4) is 0 Å². The second kappa shape index (κ2) is 9.51. The normalized spacial score (nSPS) is 19.8. The average Bonchev–Trinajstić information content (AvgIpc) is 3.21. The number of hydrogen-bond donors (Lipinski definition) is 0. The van der Waals surface area contributed by atoms with E-state index in [0.29, 0.717) is 37.5 Å². The van der Waals surface area contributed by atoms with Gasteiger partial charge in [-0.1, -0.05) is 48.0 Å². The largest absolute Gasteiger partial charge is 0.341 e. The van der Waals surface area contributed by atoms with Gasteiger partial charge in [-0.25, -0.2) is 8.42 Å². The second-order valence-electron chi connectivity index (χ2n) is 8.45. The number of sulfonamides is 1. The van der Waals surface area contributed by atoms with E-state index in [2.05, 4.69) is 4.90 Å². The number of likely N-dealkylation sites (tertiary alicyclic amines) is 1. The van der Waals surface area contributed by atoms with E-state index in [-0.39, 0.29) is 11.9 Å². The van der Waals surface area contributed by atoms with E-state index < -0.39 is 10.0 Å². The number of nitrogens with zero attached hydrogens (tertiary/aromatic N) is 3. The summed E-state index contributed by atoms with van der Waals surface area (Å²) < 4.78 is 27.9. The molecule has 0 spiro atoms. The Hall–Kier alpha value is -2.22. The third kappa shape index (κ3) is 4.84. The Morgan fingerprint density at radius 1 is 0.806 bits per heavy atom. The molecule has 2 aliphatic rings. The molecule has 4 rings (SSSR count). The molecule has 166 valence electrons. The van der Waals surface area contributed by atoms with Crippen LogP contribution in [0.1, 0.15) is 36.4 Å². The smallest absolute Gasteiger partial charge is 0.244 e. The lowest BCUT2D eigenvalue weighted by molar-refractivity contribution is -0.136. The monoisotopic (exact) mass is 441 g/mol. The van der Waals surface area contributed by atoms with E-state index in [4.69, 9.17) is 0 Å². The van der Waals surface area contributed by atoms with Gasteiger partial charge >= 0.3 is 0 Å². The summed E-state index contributed by atoms with van der Waals surface area (Å²) in [5.74, 6) is 0.138. The first-order chi connectivity index (χ1) is 15.0. The molecule has 2 heterocycles. The van der Waals surface area contributed by atoms with Crippen LogP contribution < -0.4 is 0 Å². The lowest BCUT2D eigenvalue weighted by Gasteiger charge is -2.33. The lowest BCUT2D eigenvalue weighted by atomic mass is 10.0. The van der Waals surface area contributed by atoms with Gasteiger partial charge in [0.2, 0.25) is 15.9 Å². The number of amides is 1. The van der Waals surface area contributed by atoms with Gasteiger partial charge in [-0.05, 0) is 43.9 Å². The van der Waals surface area contributed by atoms with E-state index in [0.717, 1.165) is 37.1 Å². The van der Waals surface area contributed by atoms with Gasteiger partial charge in [0.15, 0.2) is 0 Å². The molecule has 6 nitrogen and oxygen atoms in total. The number of aryl methyl sites for hydroxylation is 1. The molecule has 7 heteroatoms. The summed E-state index contributed by atoms with van der Waals surface area (Å²) in [6.07, 6.45) is 2.80. The highest BCUT2D eigenvalue weighted by Crippen LogP contribution is 2.27. The predicted octanol–water partition coefficient (Wildman–Crippen LogP) is 3.06. The van der Waals surface area contributed by atoms with Crippen molar-refractivity contribution in [1.29, 1.82) is 0 Å². The summed E-state index contributed by atoms with van der Waals surface area (Å²) in [5.41, 5.74) is 2.02. The minimum Gasteiger partial charge on any atom is -0.341 e. The Morgan fingerprint density at radius 3 is 2.16 bits per heavy atom. The molecule has 31 heavy (non-hydrogen) atoms. The molecular weight excluding hydrogens is 410 g/mol. The summed E-state index contributed by atoms with van der Waals surface area (Å²) in [6, 6.07) is 16.6. The Balaban J connectivity index is 1.55. The fourth-order valence-corrected chi connectivity index (χ4v) is 6.00. The molecule has 0 unspecified atom stereocenters. The highest BCUT2D eigenvalue weighted by atomic mass is 32.2. The van der Waals surface area contributed by atoms with E-state index in [1.807, 2.05) is 54.3 Å². The molecule has 0 N–H and O–H groups in total. The van der Waals surface area contributed by atoms with Crippen LogP contribution >= 0.6 is 0 Å².